The fraction of sp³-hybridized carbons (Fsp3) is 0.429. The summed E-state index contributed by atoms with van der Waals surface area (Å²) in [4.78, 5) is 4.32. The molecule has 0 aliphatic heterocycles. The standard InChI is InChI=1S/C14H20N4/c1-10(2)18-7-5-12(17-18)9-13(15)14-8-11(3)4-6-16-14/h4-8,10,13H,9,15H2,1-3H3. The van der Waals surface area contributed by atoms with E-state index in [4.69, 9.17) is 5.73 Å². The van der Waals surface area contributed by atoms with Gasteiger partial charge < -0.3 is 5.73 Å². The Morgan fingerprint density at radius 1 is 1.33 bits per heavy atom. The second kappa shape index (κ2) is 5.31. The van der Waals surface area contributed by atoms with Gasteiger partial charge in [-0.2, -0.15) is 5.10 Å². The molecular weight excluding hydrogens is 224 g/mol. The Hall–Kier alpha value is -1.68. The van der Waals surface area contributed by atoms with Crippen molar-refractivity contribution in [2.75, 3.05) is 0 Å². The van der Waals surface area contributed by atoms with Crippen LogP contribution < -0.4 is 5.73 Å². The third-order valence-electron chi connectivity index (χ3n) is 2.94. The molecule has 0 aliphatic rings. The maximum Gasteiger partial charge on any atom is 0.0644 e. The van der Waals surface area contributed by atoms with Gasteiger partial charge in [0.15, 0.2) is 0 Å². The van der Waals surface area contributed by atoms with Gasteiger partial charge in [-0.3, -0.25) is 9.67 Å². The summed E-state index contributed by atoms with van der Waals surface area (Å²) >= 11 is 0. The van der Waals surface area contributed by atoms with E-state index in [-0.39, 0.29) is 6.04 Å². The number of nitrogens with two attached hydrogens (primary N) is 1. The van der Waals surface area contributed by atoms with Gasteiger partial charge in [0, 0.05) is 24.9 Å². The lowest BCUT2D eigenvalue weighted by Gasteiger charge is -2.10. The number of nitrogens with zero attached hydrogens (tertiary/aromatic N) is 3. The molecule has 2 heterocycles. The van der Waals surface area contributed by atoms with Crippen LogP contribution in [-0.4, -0.2) is 14.8 Å². The Balaban J connectivity index is 2.08. The summed E-state index contributed by atoms with van der Waals surface area (Å²) in [7, 11) is 0. The molecule has 0 aromatic carbocycles. The lowest BCUT2D eigenvalue weighted by atomic mass is 10.1. The minimum Gasteiger partial charge on any atom is -0.322 e. The van der Waals surface area contributed by atoms with Crippen LogP contribution in [0.1, 0.15) is 42.9 Å². The molecule has 0 bridgehead atoms. The normalized spacial score (nSPS) is 12.9. The third kappa shape index (κ3) is 2.96. The molecule has 0 fully saturated rings. The smallest absolute Gasteiger partial charge is 0.0644 e. The summed E-state index contributed by atoms with van der Waals surface area (Å²) in [5.74, 6) is 0. The molecule has 18 heavy (non-hydrogen) atoms. The summed E-state index contributed by atoms with van der Waals surface area (Å²) in [6.07, 6.45) is 4.52. The van der Waals surface area contributed by atoms with Gasteiger partial charge in [-0.1, -0.05) is 0 Å². The highest BCUT2D eigenvalue weighted by molar-refractivity contribution is 5.18. The van der Waals surface area contributed by atoms with Crippen molar-refractivity contribution in [3.05, 3.63) is 47.5 Å². The molecule has 4 heteroatoms. The zero-order valence-electron chi connectivity index (χ0n) is 11.2. The van der Waals surface area contributed by atoms with Crippen LogP contribution in [0.4, 0.5) is 0 Å². The van der Waals surface area contributed by atoms with Crippen molar-refractivity contribution in [2.45, 2.75) is 39.3 Å². The van der Waals surface area contributed by atoms with Crippen LogP contribution in [0.25, 0.3) is 0 Å². The molecule has 0 saturated heterocycles. The van der Waals surface area contributed by atoms with E-state index in [2.05, 4.69) is 23.9 Å². The molecule has 0 saturated carbocycles. The lowest BCUT2D eigenvalue weighted by Crippen LogP contribution is -2.15. The fourth-order valence-electron chi connectivity index (χ4n) is 1.87. The molecule has 2 rings (SSSR count). The van der Waals surface area contributed by atoms with Crippen molar-refractivity contribution in [3.63, 3.8) is 0 Å². The molecule has 2 aromatic heterocycles. The Morgan fingerprint density at radius 2 is 2.11 bits per heavy atom. The predicted molar refractivity (Wildman–Crippen MR) is 72.2 cm³/mol. The molecule has 2 aromatic rings. The van der Waals surface area contributed by atoms with E-state index in [0.29, 0.717) is 6.04 Å². The van der Waals surface area contributed by atoms with Crippen LogP contribution in [0, 0.1) is 6.92 Å². The largest absolute Gasteiger partial charge is 0.322 e. The van der Waals surface area contributed by atoms with E-state index in [1.165, 1.54) is 5.56 Å². The highest BCUT2D eigenvalue weighted by atomic mass is 15.3. The monoisotopic (exact) mass is 244 g/mol. The van der Waals surface area contributed by atoms with Crippen molar-refractivity contribution in [1.82, 2.24) is 14.8 Å². The van der Waals surface area contributed by atoms with Gasteiger partial charge in [-0.15, -0.1) is 0 Å². The molecule has 4 nitrogen and oxygen atoms in total. The Kier molecular flexibility index (Phi) is 3.77. The second-order valence-electron chi connectivity index (χ2n) is 4.95. The quantitative estimate of drug-likeness (QED) is 0.898. The van der Waals surface area contributed by atoms with Crippen LogP contribution in [0.2, 0.25) is 0 Å². The molecule has 0 spiro atoms. The second-order valence-corrected chi connectivity index (χ2v) is 4.95. The highest BCUT2D eigenvalue weighted by Gasteiger charge is 2.11. The molecule has 0 aliphatic carbocycles. The zero-order chi connectivity index (χ0) is 13.1. The number of aryl methyl sites for hydroxylation is 1. The average Bonchev–Trinajstić information content (AvgIpc) is 2.77. The Labute approximate surface area is 108 Å². The molecule has 1 atom stereocenters. The molecular formula is C14H20N4. The highest BCUT2D eigenvalue weighted by Crippen LogP contribution is 2.14. The van der Waals surface area contributed by atoms with Crippen LogP contribution in [-0.2, 0) is 6.42 Å². The Morgan fingerprint density at radius 3 is 2.72 bits per heavy atom. The van der Waals surface area contributed by atoms with Crippen molar-refractivity contribution in [2.24, 2.45) is 5.73 Å². The minimum absolute atomic E-state index is 0.0968. The van der Waals surface area contributed by atoms with Crippen molar-refractivity contribution >= 4 is 0 Å². The number of pyridine rings is 1. The fourth-order valence-corrected chi connectivity index (χ4v) is 1.87. The van der Waals surface area contributed by atoms with Gasteiger partial charge in [0.1, 0.15) is 0 Å². The lowest BCUT2D eigenvalue weighted by molar-refractivity contribution is 0.522. The maximum atomic E-state index is 6.17. The van der Waals surface area contributed by atoms with Gasteiger partial charge in [-0.25, -0.2) is 0 Å². The van der Waals surface area contributed by atoms with Crippen molar-refractivity contribution < 1.29 is 0 Å². The van der Waals surface area contributed by atoms with E-state index in [0.717, 1.165) is 17.8 Å². The summed E-state index contributed by atoms with van der Waals surface area (Å²) in [6, 6.07) is 6.32. The first-order chi connectivity index (χ1) is 8.56. The van der Waals surface area contributed by atoms with Crippen LogP contribution in [0.3, 0.4) is 0 Å². The van der Waals surface area contributed by atoms with E-state index in [1.54, 1.807) is 6.20 Å². The maximum absolute atomic E-state index is 6.17. The summed E-state index contributed by atoms with van der Waals surface area (Å²) < 4.78 is 1.95. The topological polar surface area (TPSA) is 56.7 Å². The first-order valence-electron chi connectivity index (χ1n) is 6.28. The number of rotatable bonds is 4. The number of hydrogen-bond acceptors (Lipinski definition) is 3. The molecule has 2 N–H and O–H groups in total. The van der Waals surface area contributed by atoms with Crippen LogP contribution in [0.15, 0.2) is 30.6 Å². The summed E-state index contributed by atoms with van der Waals surface area (Å²) in [5.41, 5.74) is 9.29. The van der Waals surface area contributed by atoms with Crippen molar-refractivity contribution in [3.8, 4) is 0 Å². The molecule has 1 unspecified atom stereocenters. The SMILES string of the molecule is Cc1ccnc(C(N)Cc2ccn(C(C)C)n2)c1. The van der Waals surface area contributed by atoms with E-state index in [1.807, 2.05) is 36.0 Å². The van der Waals surface area contributed by atoms with Crippen molar-refractivity contribution in [1.29, 1.82) is 0 Å². The minimum atomic E-state index is -0.0968. The molecule has 0 radical (unpaired) electrons. The van der Waals surface area contributed by atoms with Gasteiger partial charge in [0.2, 0.25) is 0 Å². The first-order valence-corrected chi connectivity index (χ1v) is 6.28. The number of hydrogen-bond donors (Lipinski definition) is 1. The van der Waals surface area contributed by atoms with E-state index in [9.17, 15) is 0 Å². The first kappa shape index (κ1) is 12.8. The summed E-state index contributed by atoms with van der Waals surface area (Å²) in [5, 5.41) is 4.51. The zero-order valence-corrected chi connectivity index (χ0v) is 11.2. The van der Waals surface area contributed by atoms with E-state index >= 15 is 0 Å². The Bertz CT molecular complexity index is 516. The molecule has 0 amide bonds. The van der Waals surface area contributed by atoms with E-state index < -0.39 is 0 Å². The van der Waals surface area contributed by atoms with Gasteiger partial charge >= 0.3 is 0 Å². The summed E-state index contributed by atoms with van der Waals surface area (Å²) in [6.45, 7) is 6.27. The molecule has 96 valence electrons. The van der Waals surface area contributed by atoms with Crippen LogP contribution in [0.5, 0.6) is 0 Å². The third-order valence-corrected chi connectivity index (χ3v) is 2.94. The average molecular weight is 244 g/mol. The van der Waals surface area contributed by atoms with Gasteiger partial charge in [0.25, 0.3) is 0 Å². The predicted octanol–water partition coefficient (Wildman–Crippen LogP) is 2.41. The van der Waals surface area contributed by atoms with Crippen LogP contribution >= 0.6 is 0 Å². The van der Waals surface area contributed by atoms with Gasteiger partial charge in [-0.05, 0) is 44.5 Å². The van der Waals surface area contributed by atoms with Gasteiger partial charge in [0.05, 0.1) is 17.4 Å². The number of aromatic nitrogens is 3.